The van der Waals surface area contributed by atoms with Crippen LogP contribution in [0, 0.1) is 12.8 Å². The van der Waals surface area contributed by atoms with Crippen molar-refractivity contribution in [1.82, 2.24) is 0 Å². The third-order valence-electron chi connectivity index (χ3n) is 4.18. The van der Waals surface area contributed by atoms with Crippen LogP contribution in [0.3, 0.4) is 0 Å². The normalized spacial score (nSPS) is 27.8. The Kier molecular flexibility index (Phi) is 5.42. The summed E-state index contributed by atoms with van der Waals surface area (Å²) in [6, 6.07) is 0. The Morgan fingerprint density at radius 1 is 1.35 bits per heavy atom. The lowest BCUT2D eigenvalue weighted by Gasteiger charge is -2.26. The SMILES string of the molecule is CO[C@H]1/C=C(\C)Cc2occ(C)c2C(=O)[C@H](OC(C)=O)[C@H](C)C1. The van der Waals surface area contributed by atoms with Crippen molar-refractivity contribution in [3.8, 4) is 0 Å². The molecule has 0 fully saturated rings. The van der Waals surface area contributed by atoms with Crippen LogP contribution in [0.2, 0.25) is 0 Å². The van der Waals surface area contributed by atoms with Crippen LogP contribution in [-0.2, 0) is 20.7 Å². The van der Waals surface area contributed by atoms with Gasteiger partial charge >= 0.3 is 5.97 Å². The van der Waals surface area contributed by atoms with Gasteiger partial charge in [-0.25, -0.2) is 0 Å². The van der Waals surface area contributed by atoms with Crippen LogP contribution in [0.1, 0.15) is 48.9 Å². The van der Waals surface area contributed by atoms with Gasteiger partial charge in [-0.2, -0.15) is 0 Å². The van der Waals surface area contributed by atoms with Gasteiger partial charge in [-0.3, -0.25) is 9.59 Å². The number of ketones is 1. The molecule has 1 aromatic rings. The molecule has 5 heteroatoms. The molecule has 0 amide bonds. The summed E-state index contributed by atoms with van der Waals surface area (Å²) in [6.45, 7) is 7.05. The Bertz CT molecular complexity index is 625. The Balaban J connectivity index is 2.50. The predicted molar refractivity (Wildman–Crippen MR) is 85.4 cm³/mol. The predicted octanol–water partition coefficient (Wildman–Crippen LogP) is 3.25. The van der Waals surface area contributed by atoms with Crippen LogP contribution in [0.25, 0.3) is 0 Å². The Hall–Kier alpha value is -1.88. The van der Waals surface area contributed by atoms with E-state index in [1.807, 2.05) is 26.8 Å². The van der Waals surface area contributed by atoms with Crippen molar-refractivity contribution in [2.45, 2.75) is 52.7 Å². The lowest BCUT2D eigenvalue weighted by atomic mass is 9.87. The summed E-state index contributed by atoms with van der Waals surface area (Å²) in [5, 5.41) is 0. The number of Topliss-reactive ketones (excluding diaryl/α,β-unsaturated/α-hetero) is 1. The fourth-order valence-electron chi connectivity index (χ4n) is 3.06. The highest BCUT2D eigenvalue weighted by atomic mass is 16.5. The number of carbonyl (C=O) groups excluding carboxylic acids is 2. The molecule has 0 aromatic carbocycles. The van der Waals surface area contributed by atoms with Crippen molar-refractivity contribution < 1.29 is 23.5 Å². The maximum absolute atomic E-state index is 13.0. The van der Waals surface area contributed by atoms with Gasteiger partial charge in [0.2, 0.25) is 5.78 Å². The monoisotopic (exact) mass is 320 g/mol. The Morgan fingerprint density at radius 3 is 2.65 bits per heavy atom. The van der Waals surface area contributed by atoms with Gasteiger partial charge in [0, 0.05) is 26.4 Å². The van der Waals surface area contributed by atoms with E-state index in [1.54, 1.807) is 13.4 Å². The molecule has 1 aromatic heterocycles. The molecule has 0 unspecified atom stereocenters. The molecule has 0 bridgehead atoms. The fraction of sp³-hybridized carbons (Fsp3) is 0.556. The molecule has 126 valence electrons. The van der Waals surface area contributed by atoms with Crippen molar-refractivity contribution in [2.24, 2.45) is 5.92 Å². The van der Waals surface area contributed by atoms with Crippen LogP contribution in [-0.4, -0.2) is 31.1 Å². The first-order valence-electron chi connectivity index (χ1n) is 7.82. The fourth-order valence-corrected chi connectivity index (χ4v) is 3.06. The standard InChI is InChI=1S/C18H24O5/c1-10-6-14(21-5)8-11(2)18(23-13(4)19)17(20)16-12(3)9-22-15(16)7-10/h6,9,11,14,18H,7-8H2,1-5H3/b10-6+/t11-,14+,18-/m1/s1. The van der Waals surface area contributed by atoms with Crippen molar-refractivity contribution in [1.29, 1.82) is 0 Å². The summed E-state index contributed by atoms with van der Waals surface area (Å²) in [6.07, 6.45) is 3.80. The average Bonchev–Trinajstić information content (AvgIpc) is 2.82. The number of aryl methyl sites for hydroxylation is 1. The van der Waals surface area contributed by atoms with E-state index < -0.39 is 12.1 Å². The summed E-state index contributed by atoms with van der Waals surface area (Å²) in [5.41, 5.74) is 2.39. The van der Waals surface area contributed by atoms with Crippen LogP contribution < -0.4 is 0 Å². The number of hydrogen-bond donors (Lipinski definition) is 0. The van der Waals surface area contributed by atoms with Gasteiger partial charge in [-0.05, 0) is 25.8 Å². The van der Waals surface area contributed by atoms with Gasteiger partial charge < -0.3 is 13.9 Å². The maximum Gasteiger partial charge on any atom is 0.303 e. The zero-order valence-electron chi connectivity index (χ0n) is 14.3. The molecule has 0 saturated heterocycles. The highest BCUT2D eigenvalue weighted by molar-refractivity contribution is 6.02. The topological polar surface area (TPSA) is 65.7 Å². The summed E-state index contributed by atoms with van der Waals surface area (Å²) in [7, 11) is 1.64. The summed E-state index contributed by atoms with van der Waals surface area (Å²) < 4.78 is 16.4. The molecule has 0 spiro atoms. The van der Waals surface area contributed by atoms with E-state index in [9.17, 15) is 9.59 Å². The van der Waals surface area contributed by atoms with Gasteiger partial charge in [0.05, 0.1) is 17.9 Å². The summed E-state index contributed by atoms with van der Waals surface area (Å²) in [4.78, 5) is 24.4. The molecule has 5 nitrogen and oxygen atoms in total. The van der Waals surface area contributed by atoms with Gasteiger partial charge in [0.1, 0.15) is 5.76 Å². The second-order valence-electron chi connectivity index (χ2n) is 6.29. The number of ether oxygens (including phenoxy) is 2. The number of allylic oxidation sites excluding steroid dienone is 1. The third kappa shape index (κ3) is 3.91. The molecule has 1 aliphatic carbocycles. The smallest absolute Gasteiger partial charge is 0.303 e. The quantitative estimate of drug-likeness (QED) is 0.618. The lowest BCUT2D eigenvalue weighted by molar-refractivity contribution is -0.146. The molecule has 0 saturated carbocycles. The zero-order chi connectivity index (χ0) is 17.1. The first-order valence-corrected chi connectivity index (χ1v) is 7.82. The second kappa shape index (κ2) is 7.13. The van der Waals surface area contributed by atoms with Gasteiger partial charge in [0.15, 0.2) is 6.10 Å². The molecular weight excluding hydrogens is 296 g/mol. The largest absolute Gasteiger partial charge is 0.468 e. The van der Waals surface area contributed by atoms with Gasteiger partial charge in [0.25, 0.3) is 0 Å². The molecule has 23 heavy (non-hydrogen) atoms. The first kappa shape index (κ1) is 17.5. The van der Waals surface area contributed by atoms with Gasteiger partial charge in [-0.15, -0.1) is 0 Å². The van der Waals surface area contributed by atoms with E-state index >= 15 is 0 Å². The minimum absolute atomic E-state index is 0.131. The third-order valence-corrected chi connectivity index (χ3v) is 4.18. The molecular formula is C18H24O5. The van der Waals surface area contributed by atoms with E-state index in [-0.39, 0.29) is 17.8 Å². The highest BCUT2D eigenvalue weighted by Crippen LogP contribution is 2.28. The highest BCUT2D eigenvalue weighted by Gasteiger charge is 2.34. The minimum atomic E-state index is -0.827. The summed E-state index contributed by atoms with van der Waals surface area (Å²) >= 11 is 0. The number of methoxy groups -OCH3 is 1. The molecule has 0 radical (unpaired) electrons. The van der Waals surface area contributed by atoms with Crippen LogP contribution in [0.5, 0.6) is 0 Å². The van der Waals surface area contributed by atoms with Crippen molar-refractivity contribution >= 4 is 11.8 Å². The number of rotatable bonds is 2. The number of carbonyl (C=O) groups is 2. The van der Waals surface area contributed by atoms with Crippen molar-refractivity contribution in [3.63, 3.8) is 0 Å². The number of esters is 1. The van der Waals surface area contributed by atoms with Gasteiger partial charge in [-0.1, -0.05) is 18.6 Å². The number of hydrogen-bond acceptors (Lipinski definition) is 5. The second-order valence-corrected chi connectivity index (χ2v) is 6.29. The number of furan rings is 1. The van der Waals surface area contributed by atoms with Crippen LogP contribution in [0.4, 0.5) is 0 Å². The molecule has 1 aliphatic rings. The molecule has 1 heterocycles. The number of fused-ring (bicyclic) bond motifs is 1. The average molecular weight is 320 g/mol. The van der Waals surface area contributed by atoms with Crippen molar-refractivity contribution in [2.75, 3.05) is 7.11 Å². The summed E-state index contributed by atoms with van der Waals surface area (Å²) in [5.74, 6) is -0.211. The van der Waals surface area contributed by atoms with Crippen LogP contribution in [0.15, 0.2) is 22.3 Å². The zero-order valence-corrected chi connectivity index (χ0v) is 14.3. The van der Waals surface area contributed by atoms with E-state index in [0.29, 0.717) is 24.2 Å². The Morgan fingerprint density at radius 2 is 2.04 bits per heavy atom. The van der Waals surface area contributed by atoms with E-state index in [0.717, 1.165) is 11.1 Å². The molecule has 0 aliphatic heterocycles. The maximum atomic E-state index is 13.0. The molecule has 3 atom stereocenters. The van der Waals surface area contributed by atoms with E-state index in [1.165, 1.54) is 6.92 Å². The lowest BCUT2D eigenvalue weighted by Crippen LogP contribution is -2.35. The minimum Gasteiger partial charge on any atom is -0.468 e. The van der Waals surface area contributed by atoms with E-state index in [4.69, 9.17) is 13.9 Å². The molecule has 2 rings (SSSR count). The molecule has 0 N–H and O–H groups in total. The first-order chi connectivity index (χ1) is 10.8. The van der Waals surface area contributed by atoms with Crippen LogP contribution >= 0.6 is 0 Å². The van der Waals surface area contributed by atoms with Crippen molar-refractivity contribution in [3.05, 3.63) is 34.8 Å². The van der Waals surface area contributed by atoms with E-state index in [2.05, 4.69) is 0 Å². The Labute approximate surface area is 136 Å².